The van der Waals surface area contributed by atoms with Crippen LogP contribution in [0.15, 0.2) is 18.2 Å². The van der Waals surface area contributed by atoms with Gasteiger partial charge in [0.05, 0.1) is 5.56 Å². The molecule has 0 spiro atoms. The van der Waals surface area contributed by atoms with E-state index in [9.17, 15) is 22.4 Å². The van der Waals surface area contributed by atoms with Gasteiger partial charge in [-0.25, -0.2) is 9.18 Å². The zero-order valence-electron chi connectivity index (χ0n) is 10.6. The Hall–Kier alpha value is -1.63. The second-order valence-corrected chi connectivity index (χ2v) is 4.36. The van der Waals surface area contributed by atoms with E-state index in [0.29, 0.717) is 13.0 Å². The third kappa shape index (κ3) is 6.01. The zero-order valence-corrected chi connectivity index (χ0v) is 10.6. The molecule has 112 valence electrons. The number of alkyl halides is 3. The molecule has 2 N–H and O–H groups in total. The Labute approximate surface area is 113 Å². The Bertz CT molecular complexity index is 460. The van der Waals surface area contributed by atoms with E-state index >= 15 is 0 Å². The van der Waals surface area contributed by atoms with Crippen LogP contribution in [0.4, 0.5) is 17.6 Å². The topological polar surface area (TPSA) is 49.3 Å². The van der Waals surface area contributed by atoms with E-state index in [2.05, 4.69) is 5.32 Å². The lowest BCUT2D eigenvalue weighted by molar-refractivity contribution is -0.135. The molecule has 0 bridgehead atoms. The number of hydrogen-bond acceptors (Lipinski definition) is 2. The van der Waals surface area contributed by atoms with Crippen molar-refractivity contribution in [2.45, 2.75) is 32.0 Å². The Kier molecular flexibility index (Phi) is 5.94. The average Bonchev–Trinajstić information content (AvgIpc) is 2.34. The molecule has 0 atom stereocenters. The van der Waals surface area contributed by atoms with Crippen LogP contribution in [0, 0.1) is 5.82 Å². The van der Waals surface area contributed by atoms with Gasteiger partial charge in [0, 0.05) is 18.5 Å². The van der Waals surface area contributed by atoms with E-state index < -0.39 is 24.4 Å². The van der Waals surface area contributed by atoms with E-state index in [4.69, 9.17) is 5.11 Å². The number of carbonyl (C=O) groups is 1. The van der Waals surface area contributed by atoms with Gasteiger partial charge in [-0.3, -0.25) is 0 Å². The third-order valence-electron chi connectivity index (χ3n) is 2.67. The zero-order chi connectivity index (χ0) is 15.2. The number of carboxylic acids is 1. The van der Waals surface area contributed by atoms with Crippen LogP contribution in [0.25, 0.3) is 0 Å². The minimum Gasteiger partial charge on any atom is -0.478 e. The highest BCUT2D eigenvalue weighted by Crippen LogP contribution is 2.21. The number of benzene rings is 1. The fourth-order valence-electron chi connectivity index (χ4n) is 1.64. The number of carboxylic acid groups (broad SMARTS) is 1. The molecule has 1 aromatic carbocycles. The van der Waals surface area contributed by atoms with Gasteiger partial charge in [-0.15, -0.1) is 0 Å². The van der Waals surface area contributed by atoms with Crippen LogP contribution >= 0.6 is 0 Å². The lowest BCUT2D eigenvalue weighted by Crippen LogP contribution is -2.17. The van der Waals surface area contributed by atoms with Crippen molar-refractivity contribution >= 4 is 5.97 Å². The lowest BCUT2D eigenvalue weighted by atomic mass is 10.1. The van der Waals surface area contributed by atoms with E-state index in [-0.39, 0.29) is 24.1 Å². The highest BCUT2D eigenvalue weighted by Gasteiger charge is 2.25. The molecule has 0 saturated carbocycles. The number of rotatable bonds is 7. The summed E-state index contributed by atoms with van der Waals surface area (Å²) >= 11 is 0. The van der Waals surface area contributed by atoms with Crippen molar-refractivity contribution in [1.29, 1.82) is 0 Å². The molecule has 0 saturated heterocycles. The van der Waals surface area contributed by atoms with Crippen LogP contribution < -0.4 is 5.32 Å². The first-order valence-corrected chi connectivity index (χ1v) is 6.09. The minimum atomic E-state index is -4.15. The van der Waals surface area contributed by atoms with Gasteiger partial charge in [0.1, 0.15) is 5.82 Å². The Morgan fingerprint density at radius 2 is 1.95 bits per heavy atom. The molecule has 0 fully saturated rings. The molecule has 0 unspecified atom stereocenters. The third-order valence-corrected chi connectivity index (χ3v) is 2.67. The molecule has 0 radical (unpaired) electrons. The molecular formula is C13H15F4NO2. The van der Waals surface area contributed by atoms with Crippen LogP contribution in [0.1, 0.15) is 35.2 Å². The molecule has 3 nitrogen and oxygen atoms in total. The standard InChI is InChI=1S/C13H15F4NO2/c14-11-4-3-9(12(19)20)7-10(11)8-18-6-2-1-5-13(15,16)17/h3-4,7,18H,1-2,5-6,8H2,(H,19,20). The van der Waals surface area contributed by atoms with Crippen molar-refractivity contribution in [3.63, 3.8) is 0 Å². The van der Waals surface area contributed by atoms with E-state index in [1.54, 1.807) is 0 Å². The fraction of sp³-hybridized carbons (Fsp3) is 0.462. The molecule has 1 rings (SSSR count). The largest absolute Gasteiger partial charge is 0.478 e. The molecule has 0 aromatic heterocycles. The Morgan fingerprint density at radius 3 is 2.55 bits per heavy atom. The van der Waals surface area contributed by atoms with Gasteiger partial charge in [-0.2, -0.15) is 13.2 Å². The number of nitrogens with one attached hydrogen (secondary N) is 1. The molecule has 0 aliphatic carbocycles. The van der Waals surface area contributed by atoms with Crippen LogP contribution in [-0.2, 0) is 6.54 Å². The average molecular weight is 293 g/mol. The summed E-state index contributed by atoms with van der Waals surface area (Å²) in [7, 11) is 0. The minimum absolute atomic E-state index is 0.00808. The van der Waals surface area contributed by atoms with Crippen LogP contribution in [-0.4, -0.2) is 23.8 Å². The molecule has 1 aromatic rings. The number of aromatic carboxylic acids is 1. The first-order chi connectivity index (χ1) is 9.29. The molecule has 0 heterocycles. The van der Waals surface area contributed by atoms with Gasteiger partial charge in [-0.1, -0.05) is 0 Å². The smallest absolute Gasteiger partial charge is 0.389 e. The number of unbranched alkanes of at least 4 members (excludes halogenated alkanes) is 1. The monoisotopic (exact) mass is 293 g/mol. The maximum atomic E-state index is 13.4. The summed E-state index contributed by atoms with van der Waals surface area (Å²) in [5.41, 5.74) is 0.154. The molecule has 20 heavy (non-hydrogen) atoms. The van der Waals surface area contributed by atoms with Gasteiger partial charge in [0.25, 0.3) is 0 Å². The summed E-state index contributed by atoms with van der Waals surface area (Å²) < 4.78 is 49.0. The van der Waals surface area contributed by atoms with E-state index in [1.807, 2.05) is 0 Å². The molecule has 0 aliphatic rings. The van der Waals surface area contributed by atoms with Crippen LogP contribution in [0.3, 0.4) is 0 Å². The van der Waals surface area contributed by atoms with Crippen molar-refractivity contribution in [3.8, 4) is 0 Å². The molecule has 7 heteroatoms. The summed E-state index contributed by atoms with van der Waals surface area (Å²) in [6.45, 7) is 0.395. The second kappa shape index (κ2) is 7.23. The summed E-state index contributed by atoms with van der Waals surface area (Å²) in [5, 5.41) is 11.6. The predicted octanol–water partition coefficient (Wildman–Crippen LogP) is 3.35. The molecule has 0 amide bonds. The number of hydrogen-bond donors (Lipinski definition) is 2. The van der Waals surface area contributed by atoms with Crippen LogP contribution in [0.5, 0.6) is 0 Å². The molecular weight excluding hydrogens is 278 g/mol. The van der Waals surface area contributed by atoms with Crippen molar-refractivity contribution in [2.24, 2.45) is 0 Å². The SMILES string of the molecule is O=C(O)c1ccc(F)c(CNCCCCC(F)(F)F)c1. The Morgan fingerprint density at radius 1 is 1.25 bits per heavy atom. The van der Waals surface area contributed by atoms with E-state index in [0.717, 1.165) is 12.1 Å². The van der Waals surface area contributed by atoms with Crippen molar-refractivity contribution in [1.82, 2.24) is 5.32 Å². The van der Waals surface area contributed by atoms with Gasteiger partial charge in [0.2, 0.25) is 0 Å². The first kappa shape index (κ1) is 16.4. The summed E-state index contributed by atoms with van der Waals surface area (Å²) in [6, 6.07) is 3.43. The van der Waals surface area contributed by atoms with Crippen molar-refractivity contribution in [3.05, 3.63) is 35.1 Å². The Balaban J connectivity index is 2.35. The summed E-state index contributed by atoms with van der Waals surface area (Å²) in [5.74, 6) is -1.70. The fourth-order valence-corrected chi connectivity index (χ4v) is 1.64. The van der Waals surface area contributed by atoms with Gasteiger partial charge >= 0.3 is 12.1 Å². The summed E-state index contributed by atoms with van der Waals surface area (Å²) in [6.07, 6.45) is -4.66. The van der Waals surface area contributed by atoms with Crippen molar-refractivity contribution < 1.29 is 27.5 Å². The maximum absolute atomic E-state index is 13.4. The highest BCUT2D eigenvalue weighted by molar-refractivity contribution is 5.87. The van der Waals surface area contributed by atoms with Crippen molar-refractivity contribution in [2.75, 3.05) is 6.54 Å². The highest BCUT2D eigenvalue weighted by atomic mass is 19.4. The molecule has 0 aliphatic heterocycles. The normalized spacial score (nSPS) is 11.6. The van der Waals surface area contributed by atoms with Gasteiger partial charge < -0.3 is 10.4 Å². The first-order valence-electron chi connectivity index (χ1n) is 6.09. The van der Waals surface area contributed by atoms with E-state index in [1.165, 1.54) is 6.07 Å². The second-order valence-electron chi connectivity index (χ2n) is 4.36. The van der Waals surface area contributed by atoms with Gasteiger partial charge in [-0.05, 0) is 37.6 Å². The lowest BCUT2D eigenvalue weighted by Gasteiger charge is -2.08. The maximum Gasteiger partial charge on any atom is 0.389 e. The number of halogens is 4. The summed E-state index contributed by atoms with van der Waals surface area (Å²) in [4.78, 5) is 10.7. The quantitative estimate of drug-likeness (QED) is 0.599. The van der Waals surface area contributed by atoms with Gasteiger partial charge in [0.15, 0.2) is 0 Å². The van der Waals surface area contributed by atoms with Crippen LogP contribution in [0.2, 0.25) is 0 Å². The predicted molar refractivity (Wildman–Crippen MR) is 65.0 cm³/mol.